The maximum atomic E-state index is 13.0. The summed E-state index contributed by atoms with van der Waals surface area (Å²) in [6, 6.07) is 5.23. The zero-order valence-electron chi connectivity index (χ0n) is 18.6. The Balaban J connectivity index is 1.80. The largest absolute Gasteiger partial charge is 0.497 e. The first-order valence-corrected chi connectivity index (χ1v) is 11.4. The molecular weight excluding hydrogens is 430 g/mol. The van der Waals surface area contributed by atoms with Crippen LogP contribution in [-0.4, -0.2) is 49.3 Å². The van der Waals surface area contributed by atoms with Gasteiger partial charge in [0.15, 0.2) is 5.17 Å². The SMILES string of the molecule is CCC1=C(C(=O)OC)C(c2ccc(OC)cc2OC)N2C(CC(=O)NC3CC3)=CSC2=N1. The molecule has 1 atom stereocenters. The van der Waals surface area contributed by atoms with Gasteiger partial charge < -0.3 is 24.4 Å². The van der Waals surface area contributed by atoms with Crippen LogP contribution < -0.4 is 14.8 Å². The van der Waals surface area contributed by atoms with E-state index in [0.717, 1.165) is 29.3 Å². The third-order valence-corrected chi connectivity index (χ3v) is 6.54. The second-order valence-electron chi connectivity index (χ2n) is 7.73. The number of ether oxygens (including phenoxy) is 3. The van der Waals surface area contributed by atoms with Crippen LogP contribution in [0.1, 0.15) is 44.2 Å². The number of nitrogens with one attached hydrogen (secondary N) is 1. The maximum absolute atomic E-state index is 13.0. The Kier molecular flexibility index (Phi) is 6.45. The van der Waals surface area contributed by atoms with Crippen LogP contribution in [0.3, 0.4) is 0 Å². The lowest BCUT2D eigenvalue weighted by Gasteiger charge is -2.37. The Morgan fingerprint density at radius 3 is 2.62 bits per heavy atom. The monoisotopic (exact) mass is 457 g/mol. The molecule has 1 aliphatic carbocycles. The molecule has 1 aromatic rings. The molecule has 1 amide bonds. The lowest BCUT2D eigenvalue weighted by Crippen LogP contribution is -2.38. The number of fused-ring (bicyclic) bond motifs is 1. The summed E-state index contributed by atoms with van der Waals surface area (Å²) in [5.41, 5.74) is 2.66. The van der Waals surface area contributed by atoms with Crippen LogP contribution in [0.4, 0.5) is 0 Å². The Hall–Kier alpha value is -2.94. The highest BCUT2D eigenvalue weighted by atomic mass is 32.2. The van der Waals surface area contributed by atoms with Crippen LogP contribution in [-0.2, 0) is 14.3 Å². The van der Waals surface area contributed by atoms with Gasteiger partial charge in [-0.25, -0.2) is 9.79 Å². The molecule has 1 fully saturated rings. The molecule has 0 saturated heterocycles. The summed E-state index contributed by atoms with van der Waals surface area (Å²) >= 11 is 1.45. The van der Waals surface area contributed by atoms with Gasteiger partial charge in [-0.3, -0.25) is 4.79 Å². The van der Waals surface area contributed by atoms with Crippen molar-refractivity contribution in [3.05, 3.63) is 46.1 Å². The number of esters is 1. The second kappa shape index (κ2) is 9.28. The van der Waals surface area contributed by atoms with Gasteiger partial charge in [0.1, 0.15) is 11.5 Å². The first kappa shape index (κ1) is 22.3. The van der Waals surface area contributed by atoms with Crippen molar-refractivity contribution >= 4 is 28.8 Å². The molecule has 4 rings (SSSR count). The minimum Gasteiger partial charge on any atom is -0.497 e. The fourth-order valence-corrected chi connectivity index (χ4v) is 4.86. The number of aliphatic imine (C=N–C) groups is 1. The second-order valence-corrected chi connectivity index (χ2v) is 8.56. The predicted octanol–water partition coefficient (Wildman–Crippen LogP) is 3.51. The summed E-state index contributed by atoms with van der Waals surface area (Å²) in [7, 11) is 4.53. The fraction of sp³-hybridized carbons (Fsp3) is 0.435. The van der Waals surface area contributed by atoms with Gasteiger partial charge in [-0.05, 0) is 36.8 Å². The summed E-state index contributed by atoms with van der Waals surface area (Å²) in [6.07, 6.45) is 2.82. The van der Waals surface area contributed by atoms with E-state index in [1.807, 2.05) is 29.4 Å². The van der Waals surface area contributed by atoms with Crippen molar-refractivity contribution in [2.75, 3.05) is 21.3 Å². The average molecular weight is 458 g/mol. The summed E-state index contributed by atoms with van der Waals surface area (Å²) in [4.78, 5) is 32.3. The molecule has 2 heterocycles. The van der Waals surface area contributed by atoms with Crippen LogP contribution in [0.25, 0.3) is 0 Å². The number of hydrogen-bond acceptors (Lipinski definition) is 8. The summed E-state index contributed by atoms with van der Waals surface area (Å²) < 4.78 is 16.2. The first-order valence-electron chi connectivity index (χ1n) is 10.6. The number of carbonyl (C=O) groups is 2. The molecule has 1 unspecified atom stereocenters. The van der Waals surface area contributed by atoms with Crippen LogP contribution >= 0.6 is 11.8 Å². The van der Waals surface area contributed by atoms with E-state index < -0.39 is 12.0 Å². The third kappa shape index (κ3) is 4.21. The summed E-state index contributed by atoms with van der Waals surface area (Å²) in [5.74, 6) is 0.730. The standard InChI is InChI=1S/C23H27N3O5S/c1-5-17-20(22(28)31-4)21(16-9-8-15(29-2)11-18(16)30-3)26-14(12-32-23(26)25-17)10-19(27)24-13-6-7-13/h8-9,11-13,21H,5-7,10H2,1-4H3,(H,24,27). The molecule has 32 heavy (non-hydrogen) atoms. The minimum absolute atomic E-state index is 0.0362. The lowest BCUT2D eigenvalue weighted by atomic mass is 9.92. The number of hydrogen-bond donors (Lipinski definition) is 1. The number of carbonyl (C=O) groups excluding carboxylic acids is 2. The average Bonchev–Trinajstić information content (AvgIpc) is 3.54. The number of nitrogens with zero attached hydrogens (tertiary/aromatic N) is 2. The predicted molar refractivity (Wildman–Crippen MR) is 122 cm³/mol. The Morgan fingerprint density at radius 1 is 1.22 bits per heavy atom. The quantitative estimate of drug-likeness (QED) is 0.598. The zero-order valence-corrected chi connectivity index (χ0v) is 19.5. The van der Waals surface area contributed by atoms with Crippen molar-refractivity contribution in [3.63, 3.8) is 0 Å². The number of methoxy groups -OCH3 is 3. The van der Waals surface area contributed by atoms with Crippen LogP contribution in [0.15, 0.2) is 45.6 Å². The highest BCUT2D eigenvalue weighted by Crippen LogP contribution is 2.48. The molecule has 1 aromatic carbocycles. The Bertz CT molecular complexity index is 1030. The van der Waals surface area contributed by atoms with E-state index in [-0.39, 0.29) is 18.4 Å². The maximum Gasteiger partial charge on any atom is 0.338 e. The third-order valence-electron chi connectivity index (χ3n) is 5.65. The lowest BCUT2D eigenvalue weighted by molar-refractivity contribution is -0.136. The van der Waals surface area contributed by atoms with Crippen LogP contribution in [0.5, 0.6) is 11.5 Å². The minimum atomic E-state index is -0.541. The van der Waals surface area contributed by atoms with Gasteiger partial charge in [0.2, 0.25) is 5.91 Å². The van der Waals surface area contributed by atoms with E-state index in [9.17, 15) is 9.59 Å². The number of thioether (sulfide) groups is 1. The number of amidine groups is 1. The van der Waals surface area contributed by atoms with Gasteiger partial charge in [0.05, 0.1) is 45.1 Å². The molecule has 0 spiro atoms. The summed E-state index contributed by atoms with van der Waals surface area (Å²) in [5, 5.41) is 5.69. The molecule has 0 bridgehead atoms. The van der Waals surface area contributed by atoms with Crippen LogP contribution in [0.2, 0.25) is 0 Å². The van der Waals surface area contributed by atoms with E-state index in [4.69, 9.17) is 19.2 Å². The highest BCUT2D eigenvalue weighted by Gasteiger charge is 2.42. The number of amides is 1. The molecule has 8 nitrogen and oxygen atoms in total. The van der Waals surface area contributed by atoms with E-state index >= 15 is 0 Å². The summed E-state index contributed by atoms with van der Waals surface area (Å²) in [6.45, 7) is 1.96. The van der Waals surface area contributed by atoms with Gasteiger partial charge in [0, 0.05) is 23.4 Å². The smallest absolute Gasteiger partial charge is 0.338 e. The van der Waals surface area contributed by atoms with Gasteiger partial charge in [-0.1, -0.05) is 18.7 Å². The number of allylic oxidation sites excluding steroid dienone is 1. The topological polar surface area (TPSA) is 89.5 Å². The molecule has 0 radical (unpaired) electrons. The van der Waals surface area contributed by atoms with Gasteiger partial charge in [0.25, 0.3) is 0 Å². The van der Waals surface area contributed by atoms with E-state index in [1.54, 1.807) is 20.3 Å². The van der Waals surface area contributed by atoms with Gasteiger partial charge in [-0.15, -0.1) is 0 Å². The van der Waals surface area contributed by atoms with E-state index in [0.29, 0.717) is 29.2 Å². The van der Waals surface area contributed by atoms with Gasteiger partial charge in [-0.2, -0.15) is 0 Å². The Morgan fingerprint density at radius 2 is 2.00 bits per heavy atom. The highest BCUT2D eigenvalue weighted by molar-refractivity contribution is 8.16. The van der Waals surface area contributed by atoms with Crippen molar-refractivity contribution in [2.24, 2.45) is 4.99 Å². The van der Waals surface area contributed by atoms with E-state index in [1.165, 1.54) is 18.9 Å². The number of benzene rings is 1. The molecular formula is C23H27N3O5S. The molecule has 9 heteroatoms. The van der Waals surface area contributed by atoms with E-state index in [2.05, 4.69) is 5.32 Å². The van der Waals surface area contributed by atoms with Gasteiger partial charge >= 0.3 is 5.97 Å². The van der Waals surface area contributed by atoms with Crippen molar-refractivity contribution in [2.45, 2.75) is 44.7 Å². The van der Waals surface area contributed by atoms with Crippen molar-refractivity contribution in [1.82, 2.24) is 10.2 Å². The Labute approximate surface area is 191 Å². The zero-order chi connectivity index (χ0) is 22.8. The molecule has 2 aliphatic heterocycles. The van der Waals surface area contributed by atoms with Crippen molar-refractivity contribution < 1.29 is 23.8 Å². The first-order chi connectivity index (χ1) is 15.5. The molecule has 3 aliphatic rings. The fourth-order valence-electron chi connectivity index (χ4n) is 3.92. The molecule has 170 valence electrons. The molecule has 0 aromatic heterocycles. The normalized spacial score (nSPS) is 19.8. The van der Waals surface area contributed by atoms with Crippen molar-refractivity contribution in [1.29, 1.82) is 0 Å². The molecule has 1 N–H and O–H groups in total. The van der Waals surface area contributed by atoms with Crippen molar-refractivity contribution in [3.8, 4) is 11.5 Å². The van der Waals surface area contributed by atoms with Crippen LogP contribution in [0, 0.1) is 0 Å². The molecule has 1 saturated carbocycles. The number of rotatable bonds is 8.